The first-order chi connectivity index (χ1) is 12.4. The van der Waals surface area contributed by atoms with Crippen molar-refractivity contribution in [2.45, 2.75) is 25.8 Å². The summed E-state index contributed by atoms with van der Waals surface area (Å²) in [5.41, 5.74) is 11.4. The normalized spacial score (nSPS) is 19.8. The minimum atomic E-state index is -0.623. The first-order valence-corrected chi connectivity index (χ1v) is 8.59. The molecule has 1 aromatic carbocycles. The summed E-state index contributed by atoms with van der Waals surface area (Å²) in [5, 5.41) is 0. The van der Waals surface area contributed by atoms with E-state index in [4.69, 9.17) is 25.7 Å². The number of nitrogens with two attached hydrogens (primary N) is 2. The second-order valence-electron chi connectivity index (χ2n) is 6.48. The highest BCUT2D eigenvalue weighted by atomic mass is 16.5. The van der Waals surface area contributed by atoms with Gasteiger partial charge < -0.3 is 30.6 Å². The zero-order chi connectivity index (χ0) is 19.3. The maximum Gasteiger partial charge on any atom is 0.255 e. The van der Waals surface area contributed by atoms with Crippen molar-refractivity contribution >= 4 is 11.8 Å². The van der Waals surface area contributed by atoms with E-state index in [1.165, 1.54) is 14.2 Å². The van der Waals surface area contributed by atoms with Crippen molar-refractivity contribution in [3.8, 4) is 17.2 Å². The van der Waals surface area contributed by atoms with Crippen LogP contribution in [0.1, 0.15) is 30.1 Å². The molecule has 2 amide bonds. The largest absolute Gasteiger partial charge is 0.493 e. The van der Waals surface area contributed by atoms with Crippen LogP contribution in [0.4, 0.5) is 0 Å². The third kappa shape index (κ3) is 4.37. The molecule has 1 aliphatic heterocycles. The predicted octanol–water partition coefficient (Wildman–Crippen LogP) is 0.767. The first kappa shape index (κ1) is 19.8. The van der Waals surface area contributed by atoms with Gasteiger partial charge in [-0.3, -0.25) is 9.59 Å². The Morgan fingerprint density at radius 3 is 2.35 bits per heavy atom. The summed E-state index contributed by atoms with van der Waals surface area (Å²) in [7, 11) is 2.90. The molecule has 26 heavy (non-hydrogen) atoms. The van der Waals surface area contributed by atoms with Gasteiger partial charge in [-0.25, -0.2) is 0 Å². The number of methoxy groups -OCH3 is 2. The van der Waals surface area contributed by atoms with E-state index in [1.54, 1.807) is 17.0 Å². The summed E-state index contributed by atoms with van der Waals surface area (Å²) in [4.78, 5) is 25.8. The van der Waals surface area contributed by atoms with Gasteiger partial charge in [-0.05, 0) is 30.9 Å². The molecule has 144 valence electrons. The van der Waals surface area contributed by atoms with E-state index >= 15 is 0 Å². The molecule has 1 heterocycles. The molecular formula is C18H27N3O5. The van der Waals surface area contributed by atoms with E-state index in [0.29, 0.717) is 36.1 Å². The Balaban J connectivity index is 2.33. The van der Waals surface area contributed by atoms with Crippen LogP contribution < -0.4 is 25.7 Å². The van der Waals surface area contributed by atoms with Gasteiger partial charge in [-0.1, -0.05) is 6.92 Å². The fourth-order valence-corrected chi connectivity index (χ4v) is 3.20. The second-order valence-corrected chi connectivity index (χ2v) is 6.48. The minimum absolute atomic E-state index is 0.00836. The van der Waals surface area contributed by atoms with E-state index in [0.717, 1.165) is 12.8 Å². The first-order valence-electron chi connectivity index (χ1n) is 8.59. The lowest BCUT2D eigenvalue weighted by atomic mass is 9.92. The number of primary amides is 1. The number of rotatable bonds is 7. The van der Waals surface area contributed by atoms with Crippen LogP contribution in [-0.2, 0) is 4.79 Å². The van der Waals surface area contributed by atoms with Crippen molar-refractivity contribution < 1.29 is 23.8 Å². The number of nitrogens with zero attached hydrogens (tertiary/aromatic N) is 1. The molecule has 0 saturated carbocycles. The molecule has 0 spiro atoms. The number of carbonyl (C=O) groups is 2. The number of likely N-dealkylation sites (tertiary alicyclic amines) is 1. The molecule has 1 aliphatic rings. The van der Waals surface area contributed by atoms with E-state index in [2.05, 4.69) is 6.92 Å². The Labute approximate surface area is 153 Å². The zero-order valence-corrected chi connectivity index (χ0v) is 15.5. The summed E-state index contributed by atoms with van der Waals surface area (Å²) in [6.45, 7) is 2.93. The summed E-state index contributed by atoms with van der Waals surface area (Å²) in [6, 6.07) is 3.16. The highest BCUT2D eigenvalue weighted by Crippen LogP contribution is 2.39. The highest BCUT2D eigenvalue weighted by Gasteiger charge is 2.30. The van der Waals surface area contributed by atoms with Gasteiger partial charge in [0.2, 0.25) is 5.75 Å². The molecule has 2 rings (SSSR count). The van der Waals surface area contributed by atoms with Gasteiger partial charge in [-0.15, -0.1) is 0 Å². The van der Waals surface area contributed by atoms with Crippen molar-refractivity contribution in [3.05, 3.63) is 17.7 Å². The van der Waals surface area contributed by atoms with Gasteiger partial charge in [0.25, 0.3) is 11.8 Å². The van der Waals surface area contributed by atoms with Gasteiger partial charge in [0.15, 0.2) is 18.1 Å². The maximum atomic E-state index is 13.0. The number of hydrogen-bond donors (Lipinski definition) is 2. The van der Waals surface area contributed by atoms with E-state index in [-0.39, 0.29) is 24.3 Å². The van der Waals surface area contributed by atoms with Gasteiger partial charge in [0, 0.05) is 24.7 Å². The average Bonchev–Trinajstić information content (AvgIpc) is 2.64. The van der Waals surface area contributed by atoms with E-state index in [1.807, 2.05) is 0 Å². The highest BCUT2D eigenvalue weighted by molar-refractivity contribution is 5.96. The summed E-state index contributed by atoms with van der Waals surface area (Å²) in [5.74, 6) is 0.606. The Morgan fingerprint density at radius 2 is 1.85 bits per heavy atom. The molecule has 0 radical (unpaired) electrons. The second kappa shape index (κ2) is 8.75. The van der Waals surface area contributed by atoms with Gasteiger partial charge in [0.05, 0.1) is 14.2 Å². The lowest BCUT2D eigenvalue weighted by Crippen LogP contribution is -2.49. The monoisotopic (exact) mass is 365 g/mol. The van der Waals surface area contributed by atoms with Gasteiger partial charge in [0.1, 0.15) is 0 Å². The fourth-order valence-electron chi connectivity index (χ4n) is 3.20. The van der Waals surface area contributed by atoms with Crippen LogP contribution in [0.5, 0.6) is 17.2 Å². The molecule has 2 atom stereocenters. The van der Waals surface area contributed by atoms with Crippen LogP contribution in [0.25, 0.3) is 0 Å². The van der Waals surface area contributed by atoms with Crippen LogP contribution in [0.3, 0.4) is 0 Å². The molecule has 0 aromatic heterocycles. The van der Waals surface area contributed by atoms with Crippen LogP contribution >= 0.6 is 0 Å². The lowest BCUT2D eigenvalue weighted by Gasteiger charge is -2.38. The minimum Gasteiger partial charge on any atom is -0.493 e. The molecule has 1 fully saturated rings. The third-order valence-electron chi connectivity index (χ3n) is 4.58. The number of piperidine rings is 1. The van der Waals surface area contributed by atoms with Crippen molar-refractivity contribution in [3.63, 3.8) is 0 Å². The van der Waals surface area contributed by atoms with Crippen LogP contribution in [0.2, 0.25) is 0 Å². The topological polar surface area (TPSA) is 117 Å². The summed E-state index contributed by atoms with van der Waals surface area (Å²) >= 11 is 0. The standard InChI is InChI=1S/C18H27N3O5/c1-11-4-5-21(13(6-11)9-19)18(23)12-7-14(24-2)17(15(8-12)25-3)26-10-16(20)22/h7-8,11,13H,4-6,9-10,19H2,1-3H3,(H2,20,22). The SMILES string of the molecule is COc1cc(C(=O)N2CCC(C)CC2CN)cc(OC)c1OCC(N)=O. The molecule has 8 heteroatoms. The molecule has 4 N–H and O–H groups in total. The zero-order valence-electron chi connectivity index (χ0n) is 15.5. The Hall–Kier alpha value is -2.48. The molecule has 1 saturated heterocycles. The quantitative estimate of drug-likeness (QED) is 0.737. The maximum absolute atomic E-state index is 13.0. The van der Waals surface area contributed by atoms with Gasteiger partial charge >= 0.3 is 0 Å². The molecule has 8 nitrogen and oxygen atoms in total. The van der Waals surface area contributed by atoms with E-state index in [9.17, 15) is 9.59 Å². The lowest BCUT2D eigenvalue weighted by molar-refractivity contribution is -0.120. The van der Waals surface area contributed by atoms with Crippen LogP contribution in [0.15, 0.2) is 12.1 Å². The van der Waals surface area contributed by atoms with Crippen molar-refractivity contribution in [2.75, 3.05) is 33.9 Å². The fraction of sp³-hybridized carbons (Fsp3) is 0.556. The number of carbonyl (C=O) groups excluding carboxylic acids is 2. The smallest absolute Gasteiger partial charge is 0.255 e. The summed E-state index contributed by atoms with van der Waals surface area (Å²) in [6.07, 6.45) is 1.83. The third-order valence-corrected chi connectivity index (χ3v) is 4.58. The Bertz CT molecular complexity index is 639. The Morgan fingerprint density at radius 1 is 1.23 bits per heavy atom. The van der Waals surface area contributed by atoms with Crippen LogP contribution in [-0.4, -0.2) is 56.7 Å². The number of hydrogen-bond acceptors (Lipinski definition) is 6. The van der Waals surface area contributed by atoms with E-state index < -0.39 is 5.91 Å². The predicted molar refractivity (Wildman–Crippen MR) is 96.5 cm³/mol. The van der Waals surface area contributed by atoms with Crippen molar-refractivity contribution in [1.29, 1.82) is 0 Å². The molecule has 1 aromatic rings. The number of benzene rings is 1. The van der Waals surface area contributed by atoms with Gasteiger partial charge in [-0.2, -0.15) is 0 Å². The molecule has 0 aliphatic carbocycles. The summed E-state index contributed by atoms with van der Waals surface area (Å²) < 4.78 is 16.0. The average molecular weight is 365 g/mol. The molecule has 2 unspecified atom stereocenters. The Kier molecular flexibility index (Phi) is 6.68. The molecular weight excluding hydrogens is 338 g/mol. The van der Waals surface area contributed by atoms with Crippen LogP contribution in [0, 0.1) is 5.92 Å². The number of ether oxygens (including phenoxy) is 3. The molecule has 0 bridgehead atoms. The van der Waals surface area contributed by atoms with Crippen molar-refractivity contribution in [1.82, 2.24) is 4.90 Å². The van der Waals surface area contributed by atoms with Crippen molar-refractivity contribution in [2.24, 2.45) is 17.4 Å². The number of amides is 2.